The van der Waals surface area contributed by atoms with Gasteiger partial charge in [0.1, 0.15) is 6.10 Å². The average molecular weight is 327 g/mol. The average Bonchev–Trinajstić information content (AvgIpc) is 2.64. The summed E-state index contributed by atoms with van der Waals surface area (Å²) < 4.78 is 6.58. The predicted octanol–water partition coefficient (Wildman–Crippen LogP) is 5.63. The molecule has 1 unspecified atom stereocenters. The first kappa shape index (κ1) is 17.6. The number of carbonyl (C=O) groups is 1. The van der Waals surface area contributed by atoms with Crippen LogP contribution in [0, 0.1) is 0 Å². The fourth-order valence-corrected chi connectivity index (χ4v) is 5.65. The van der Waals surface area contributed by atoms with E-state index in [9.17, 15) is 4.79 Å². The van der Waals surface area contributed by atoms with Crippen LogP contribution in [0.1, 0.15) is 42.8 Å². The number of Topliss-reactive ketones (excluding diaryl/α,β-unsaturated/α-hetero) is 1. The quantitative estimate of drug-likeness (QED) is 0.464. The molecule has 0 bridgehead atoms. The zero-order valence-corrected chi connectivity index (χ0v) is 15.3. The smallest absolute Gasteiger partial charge is 0.194 e. The molecule has 1 atom stereocenters. The van der Waals surface area contributed by atoms with Crippen molar-refractivity contribution in [3.8, 4) is 0 Å². The van der Waals surface area contributed by atoms with Crippen LogP contribution < -0.4 is 0 Å². The van der Waals surface area contributed by atoms with Crippen LogP contribution in [0.5, 0.6) is 0 Å². The normalized spacial score (nSPS) is 12.8. The van der Waals surface area contributed by atoms with Crippen molar-refractivity contribution < 1.29 is 9.22 Å². The van der Waals surface area contributed by atoms with Crippen molar-refractivity contribution in [1.29, 1.82) is 0 Å². The maximum atomic E-state index is 13.1. The van der Waals surface area contributed by atoms with Gasteiger partial charge in [-0.3, -0.25) is 4.79 Å². The summed E-state index contributed by atoms with van der Waals surface area (Å²) in [6.45, 7) is 6.57. The van der Waals surface area contributed by atoms with Gasteiger partial charge in [0, 0.05) is 5.56 Å². The third-order valence-electron chi connectivity index (χ3n) is 4.70. The van der Waals surface area contributed by atoms with Gasteiger partial charge in [-0.2, -0.15) is 0 Å². The third-order valence-corrected chi connectivity index (χ3v) is 9.30. The second-order valence-corrected chi connectivity index (χ2v) is 10.6. The highest BCUT2D eigenvalue weighted by atomic mass is 28.4. The Kier molecular flexibility index (Phi) is 6.31. The molecule has 0 heterocycles. The second kappa shape index (κ2) is 8.23. The van der Waals surface area contributed by atoms with Crippen molar-refractivity contribution in [3.05, 3.63) is 71.8 Å². The van der Waals surface area contributed by atoms with Crippen LogP contribution in [0.15, 0.2) is 60.7 Å². The zero-order valence-electron chi connectivity index (χ0n) is 14.3. The Hall–Kier alpha value is -1.71. The van der Waals surface area contributed by atoms with E-state index in [1.54, 1.807) is 0 Å². The van der Waals surface area contributed by atoms with Gasteiger partial charge in [-0.05, 0) is 23.7 Å². The van der Waals surface area contributed by atoms with Gasteiger partial charge in [0.15, 0.2) is 14.1 Å². The van der Waals surface area contributed by atoms with Crippen molar-refractivity contribution in [2.24, 2.45) is 0 Å². The Morgan fingerprint density at radius 2 is 1.35 bits per heavy atom. The van der Waals surface area contributed by atoms with E-state index in [1.807, 2.05) is 60.7 Å². The van der Waals surface area contributed by atoms with E-state index in [0.717, 1.165) is 23.7 Å². The van der Waals surface area contributed by atoms with Crippen LogP contribution in [0.3, 0.4) is 0 Å². The van der Waals surface area contributed by atoms with Gasteiger partial charge in [0.05, 0.1) is 0 Å². The number of benzene rings is 2. The van der Waals surface area contributed by atoms with Crippen LogP contribution in [0.2, 0.25) is 18.1 Å². The number of hydrogen-bond donors (Lipinski definition) is 0. The first-order chi connectivity index (χ1) is 11.2. The van der Waals surface area contributed by atoms with Crippen LogP contribution in [-0.2, 0) is 4.43 Å². The summed E-state index contributed by atoms with van der Waals surface area (Å²) in [6.07, 6.45) is -0.495. The second-order valence-electron chi connectivity index (χ2n) is 5.88. The Morgan fingerprint density at radius 1 is 0.870 bits per heavy atom. The molecule has 2 nitrogen and oxygen atoms in total. The van der Waals surface area contributed by atoms with Crippen LogP contribution in [0.25, 0.3) is 0 Å². The molecule has 0 saturated carbocycles. The third kappa shape index (κ3) is 4.18. The molecule has 0 spiro atoms. The van der Waals surface area contributed by atoms with E-state index in [4.69, 9.17) is 4.43 Å². The van der Waals surface area contributed by atoms with E-state index in [-0.39, 0.29) is 5.78 Å². The molecule has 0 aliphatic heterocycles. The Morgan fingerprint density at radius 3 is 1.83 bits per heavy atom. The van der Waals surface area contributed by atoms with Crippen molar-refractivity contribution in [3.63, 3.8) is 0 Å². The van der Waals surface area contributed by atoms with Gasteiger partial charge >= 0.3 is 0 Å². The first-order valence-corrected chi connectivity index (χ1v) is 11.0. The fourth-order valence-electron chi connectivity index (χ4n) is 2.90. The predicted molar refractivity (Wildman–Crippen MR) is 98.2 cm³/mol. The molecule has 0 saturated heterocycles. The topological polar surface area (TPSA) is 26.3 Å². The lowest BCUT2D eigenvalue weighted by Crippen LogP contribution is -2.39. The van der Waals surface area contributed by atoms with Crippen LogP contribution >= 0.6 is 0 Å². The molecule has 23 heavy (non-hydrogen) atoms. The van der Waals surface area contributed by atoms with Crippen LogP contribution in [0.4, 0.5) is 0 Å². The summed E-state index contributed by atoms with van der Waals surface area (Å²) in [5.74, 6) is 0.0593. The summed E-state index contributed by atoms with van der Waals surface area (Å²) in [4.78, 5) is 13.1. The van der Waals surface area contributed by atoms with Crippen molar-refractivity contribution in [1.82, 2.24) is 0 Å². The molecular weight excluding hydrogens is 300 g/mol. The molecule has 2 aromatic carbocycles. The lowest BCUT2D eigenvalue weighted by Gasteiger charge is -2.33. The standard InChI is InChI=1S/C20H26O2Si/c1-4-23(5-2,6-3)22-20(18-15-11-8-12-16-18)19(21)17-13-9-7-10-14-17/h7-16,20H,4-6H2,1-3H3. The summed E-state index contributed by atoms with van der Waals surface area (Å²) in [7, 11) is -1.88. The highest BCUT2D eigenvalue weighted by Gasteiger charge is 2.35. The minimum atomic E-state index is -1.88. The van der Waals surface area contributed by atoms with Crippen LogP contribution in [-0.4, -0.2) is 14.1 Å². The highest BCUT2D eigenvalue weighted by Crippen LogP contribution is 2.32. The molecule has 0 fully saturated rings. The number of carbonyl (C=O) groups excluding carboxylic acids is 1. The number of hydrogen-bond acceptors (Lipinski definition) is 2. The summed E-state index contributed by atoms with van der Waals surface area (Å²) >= 11 is 0. The summed E-state index contributed by atoms with van der Waals surface area (Å²) in [5.41, 5.74) is 1.67. The number of ketones is 1. The SMILES string of the molecule is CC[Si](CC)(CC)OC(C(=O)c1ccccc1)c1ccccc1. The molecule has 0 N–H and O–H groups in total. The van der Waals surface area contributed by atoms with Gasteiger partial charge in [-0.25, -0.2) is 0 Å². The molecule has 0 aromatic heterocycles. The van der Waals surface area contributed by atoms with Gasteiger partial charge in [-0.1, -0.05) is 81.4 Å². The lowest BCUT2D eigenvalue weighted by atomic mass is 10.0. The monoisotopic (exact) mass is 326 g/mol. The van der Waals surface area contributed by atoms with Gasteiger partial charge < -0.3 is 4.43 Å². The van der Waals surface area contributed by atoms with Gasteiger partial charge in [0.25, 0.3) is 0 Å². The maximum absolute atomic E-state index is 13.1. The zero-order chi connectivity index (χ0) is 16.7. The minimum Gasteiger partial charge on any atom is -0.403 e. The minimum absolute atomic E-state index is 0.0593. The van der Waals surface area contributed by atoms with Crippen molar-refractivity contribution in [2.45, 2.75) is 45.0 Å². The van der Waals surface area contributed by atoms with Crippen molar-refractivity contribution in [2.75, 3.05) is 0 Å². The lowest BCUT2D eigenvalue weighted by molar-refractivity contribution is 0.0772. The molecule has 122 valence electrons. The number of rotatable bonds is 8. The Balaban J connectivity index is 2.39. The van der Waals surface area contributed by atoms with E-state index in [1.165, 1.54) is 0 Å². The molecule has 0 amide bonds. The summed E-state index contributed by atoms with van der Waals surface area (Å²) in [5, 5.41) is 0. The molecule has 0 aliphatic rings. The van der Waals surface area contributed by atoms with E-state index < -0.39 is 14.4 Å². The first-order valence-electron chi connectivity index (χ1n) is 8.47. The van der Waals surface area contributed by atoms with E-state index in [0.29, 0.717) is 5.56 Å². The highest BCUT2D eigenvalue weighted by molar-refractivity contribution is 6.73. The summed E-state index contributed by atoms with van der Waals surface area (Å²) in [6, 6.07) is 22.5. The maximum Gasteiger partial charge on any atom is 0.194 e. The molecule has 2 aromatic rings. The molecule has 3 heteroatoms. The Bertz CT molecular complexity index is 598. The molecule has 0 aliphatic carbocycles. The molecule has 0 radical (unpaired) electrons. The fraction of sp³-hybridized carbons (Fsp3) is 0.350. The molecule has 2 rings (SSSR count). The Labute approximate surface area is 140 Å². The largest absolute Gasteiger partial charge is 0.403 e. The van der Waals surface area contributed by atoms with Gasteiger partial charge in [-0.15, -0.1) is 0 Å². The van der Waals surface area contributed by atoms with E-state index >= 15 is 0 Å². The molecular formula is C20H26O2Si. The van der Waals surface area contributed by atoms with E-state index in [2.05, 4.69) is 20.8 Å². The van der Waals surface area contributed by atoms with Gasteiger partial charge in [0.2, 0.25) is 0 Å². The van der Waals surface area contributed by atoms with Crippen molar-refractivity contribution >= 4 is 14.1 Å².